The highest BCUT2D eigenvalue weighted by Crippen LogP contribution is 2.68. The fourth-order valence-electron chi connectivity index (χ4n) is 2.73. The topological polar surface area (TPSA) is 59.1 Å². The van der Waals surface area contributed by atoms with E-state index in [1.165, 1.54) is 13.1 Å². The highest BCUT2D eigenvalue weighted by atomic mass is 16.2. The number of nitrogens with one attached hydrogen (secondary N) is 1. The second-order valence-electron chi connectivity index (χ2n) is 6.35. The van der Waals surface area contributed by atoms with Crippen molar-refractivity contribution in [3.63, 3.8) is 0 Å². The minimum Gasteiger partial charge on any atom is -0.310 e. The van der Waals surface area contributed by atoms with Crippen molar-refractivity contribution in [3.8, 4) is 0 Å². The Morgan fingerprint density at radius 1 is 1.16 bits per heavy atom. The van der Waals surface area contributed by atoms with Crippen LogP contribution in [0.3, 0.4) is 0 Å². The molecule has 0 atom stereocenters. The number of nitrogens with zero attached hydrogens (tertiary/aromatic N) is 1. The van der Waals surface area contributed by atoms with E-state index in [2.05, 4.69) is 38.0 Å². The molecule has 1 N–H and O–H groups in total. The zero-order chi connectivity index (χ0) is 14.4. The van der Waals surface area contributed by atoms with Crippen LogP contribution < -0.4 is 5.32 Å². The quantitative estimate of drug-likeness (QED) is 0.850. The Balaban J connectivity index is 2.07. The number of rotatable bonds is 3. The van der Waals surface area contributed by atoms with Crippen LogP contribution in [0.2, 0.25) is 0 Å². The Hall–Kier alpha value is -1.71. The average molecular weight is 260 g/mol. The molecule has 0 aliphatic heterocycles. The number of pyridine rings is 1. The van der Waals surface area contributed by atoms with Gasteiger partial charge >= 0.3 is 0 Å². The predicted octanol–water partition coefficient (Wildman–Crippen LogP) is 2.90. The van der Waals surface area contributed by atoms with Gasteiger partial charge in [-0.15, -0.1) is 0 Å². The fourth-order valence-corrected chi connectivity index (χ4v) is 2.73. The van der Waals surface area contributed by atoms with E-state index in [0.717, 1.165) is 0 Å². The molecule has 0 unspecified atom stereocenters. The molecule has 0 aromatic carbocycles. The summed E-state index contributed by atoms with van der Waals surface area (Å²) < 4.78 is 0. The van der Waals surface area contributed by atoms with Crippen LogP contribution in [0.5, 0.6) is 0 Å². The van der Waals surface area contributed by atoms with E-state index in [-0.39, 0.29) is 28.4 Å². The zero-order valence-electron chi connectivity index (χ0n) is 12.1. The summed E-state index contributed by atoms with van der Waals surface area (Å²) in [6.45, 7) is 9.89. The highest BCUT2D eigenvalue weighted by Gasteiger charge is 2.68. The van der Waals surface area contributed by atoms with Crippen molar-refractivity contribution < 1.29 is 9.59 Å². The standard InChI is InChI=1S/C15H20N2O2/c1-9(18)10-6-7-11(16-8-10)17-13(19)12-14(2,3)15(12,4)5/h6-8,12H,1-5H3,(H,16,17,19). The molecule has 1 aromatic heterocycles. The van der Waals surface area contributed by atoms with Crippen molar-refractivity contribution in [2.45, 2.75) is 34.6 Å². The van der Waals surface area contributed by atoms with Crippen LogP contribution in [-0.4, -0.2) is 16.7 Å². The van der Waals surface area contributed by atoms with E-state index < -0.39 is 0 Å². The van der Waals surface area contributed by atoms with E-state index in [0.29, 0.717) is 11.4 Å². The van der Waals surface area contributed by atoms with Gasteiger partial charge in [0.15, 0.2) is 5.78 Å². The first-order valence-corrected chi connectivity index (χ1v) is 6.46. The van der Waals surface area contributed by atoms with Crippen LogP contribution in [-0.2, 0) is 4.79 Å². The maximum Gasteiger partial charge on any atom is 0.229 e. The first-order chi connectivity index (χ1) is 8.68. The van der Waals surface area contributed by atoms with Gasteiger partial charge < -0.3 is 5.32 Å². The SMILES string of the molecule is CC(=O)c1ccc(NC(=O)C2C(C)(C)C2(C)C)nc1. The Morgan fingerprint density at radius 2 is 1.74 bits per heavy atom. The molecular formula is C15H20N2O2. The normalized spacial score (nSPS) is 19.8. The molecule has 0 spiro atoms. The average Bonchev–Trinajstić information content (AvgIpc) is 2.69. The number of hydrogen-bond acceptors (Lipinski definition) is 3. The molecule has 0 bridgehead atoms. The van der Waals surface area contributed by atoms with Crippen LogP contribution in [0.1, 0.15) is 45.0 Å². The van der Waals surface area contributed by atoms with Crippen LogP contribution in [0, 0.1) is 16.7 Å². The maximum atomic E-state index is 12.2. The molecule has 1 aromatic rings. The predicted molar refractivity (Wildman–Crippen MR) is 73.9 cm³/mol. The van der Waals surface area contributed by atoms with Crippen LogP contribution in [0.4, 0.5) is 5.82 Å². The van der Waals surface area contributed by atoms with Gasteiger partial charge in [-0.25, -0.2) is 4.98 Å². The van der Waals surface area contributed by atoms with Crippen molar-refractivity contribution in [2.75, 3.05) is 5.32 Å². The van der Waals surface area contributed by atoms with E-state index >= 15 is 0 Å². The Bertz CT molecular complexity index is 516. The lowest BCUT2D eigenvalue weighted by Gasteiger charge is -2.06. The smallest absolute Gasteiger partial charge is 0.229 e. The monoisotopic (exact) mass is 260 g/mol. The second kappa shape index (κ2) is 4.15. The number of carbonyl (C=O) groups is 2. The van der Waals surface area contributed by atoms with Gasteiger partial charge in [0.1, 0.15) is 5.82 Å². The summed E-state index contributed by atoms with van der Waals surface area (Å²) in [5.74, 6) is 0.454. The van der Waals surface area contributed by atoms with Crippen molar-refractivity contribution in [2.24, 2.45) is 16.7 Å². The van der Waals surface area contributed by atoms with Crippen molar-refractivity contribution >= 4 is 17.5 Å². The molecule has 4 nitrogen and oxygen atoms in total. The number of hydrogen-bond donors (Lipinski definition) is 1. The van der Waals surface area contributed by atoms with Crippen molar-refractivity contribution in [1.29, 1.82) is 0 Å². The van der Waals surface area contributed by atoms with E-state index in [4.69, 9.17) is 0 Å². The van der Waals surface area contributed by atoms with Crippen LogP contribution >= 0.6 is 0 Å². The van der Waals surface area contributed by atoms with Gasteiger partial charge in [0.05, 0.1) is 0 Å². The molecular weight excluding hydrogens is 240 g/mol. The third kappa shape index (κ3) is 2.15. The third-order valence-corrected chi connectivity index (χ3v) is 4.70. The van der Waals surface area contributed by atoms with E-state index in [1.54, 1.807) is 12.1 Å². The summed E-state index contributed by atoms with van der Waals surface area (Å²) >= 11 is 0. The molecule has 0 radical (unpaired) electrons. The number of aromatic nitrogens is 1. The number of amides is 1. The van der Waals surface area contributed by atoms with Gasteiger partial charge in [-0.1, -0.05) is 27.7 Å². The molecule has 0 saturated heterocycles. The molecule has 1 heterocycles. The largest absolute Gasteiger partial charge is 0.310 e. The number of anilines is 1. The number of ketones is 1. The summed E-state index contributed by atoms with van der Waals surface area (Å²) in [5, 5.41) is 2.82. The Kier molecular flexibility index (Phi) is 3.00. The van der Waals surface area contributed by atoms with Gasteiger partial charge in [-0.3, -0.25) is 9.59 Å². The third-order valence-electron chi connectivity index (χ3n) is 4.70. The van der Waals surface area contributed by atoms with Gasteiger partial charge in [0, 0.05) is 17.7 Å². The molecule has 1 aliphatic carbocycles. The molecule has 1 amide bonds. The summed E-state index contributed by atoms with van der Waals surface area (Å²) in [6.07, 6.45) is 1.49. The summed E-state index contributed by atoms with van der Waals surface area (Å²) in [6, 6.07) is 3.34. The molecule has 2 rings (SSSR count). The lowest BCUT2D eigenvalue weighted by atomic mass is 10.0. The first kappa shape index (κ1) is 13.7. The molecule has 19 heavy (non-hydrogen) atoms. The van der Waals surface area contributed by atoms with E-state index in [9.17, 15) is 9.59 Å². The zero-order valence-corrected chi connectivity index (χ0v) is 12.1. The molecule has 4 heteroatoms. The Morgan fingerprint density at radius 3 is 2.11 bits per heavy atom. The summed E-state index contributed by atoms with van der Waals surface area (Å²) in [4.78, 5) is 27.4. The van der Waals surface area contributed by atoms with Crippen molar-refractivity contribution in [1.82, 2.24) is 4.98 Å². The first-order valence-electron chi connectivity index (χ1n) is 6.46. The second-order valence-corrected chi connectivity index (χ2v) is 6.35. The van der Waals surface area contributed by atoms with Crippen molar-refractivity contribution in [3.05, 3.63) is 23.9 Å². The molecule has 1 fully saturated rings. The molecule has 1 aliphatic rings. The Labute approximate surface area is 113 Å². The maximum absolute atomic E-state index is 12.2. The minimum atomic E-state index is -0.0326. The fraction of sp³-hybridized carbons (Fsp3) is 0.533. The summed E-state index contributed by atoms with van der Waals surface area (Å²) in [7, 11) is 0. The molecule has 1 saturated carbocycles. The highest BCUT2D eigenvalue weighted by molar-refractivity contribution is 5.96. The molecule has 102 valence electrons. The van der Waals surface area contributed by atoms with Gasteiger partial charge in [0.2, 0.25) is 5.91 Å². The number of Topliss-reactive ketones (excluding diaryl/α,β-unsaturated/α-hetero) is 1. The minimum absolute atomic E-state index is 0.00178. The van der Waals surface area contributed by atoms with E-state index in [1.807, 2.05) is 0 Å². The van der Waals surface area contributed by atoms with Gasteiger partial charge in [-0.05, 0) is 29.9 Å². The number of carbonyl (C=O) groups excluding carboxylic acids is 2. The van der Waals surface area contributed by atoms with Gasteiger partial charge in [0.25, 0.3) is 0 Å². The summed E-state index contributed by atoms with van der Waals surface area (Å²) in [5.41, 5.74) is 0.567. The van der Waals surface area contributed by atoms with Crippen LogP contribution in [0.15, 0.2) is 18.3 Å². The lowest BCUT2D eigenvalue weighted by Crippen LogP contribution is -2.18. The lowest BCUT2D eigenvalue weighted by molar-refractivity contribution is -0.118. The van der Waals surface area contributed by atoms with Crippen LogP contribution in [0.25, 0.3) is 0 Å². The van der Waals surface area contributed by atoms with Gasteiger partial charge in [-0.2, -0.15) is 0 Å².